The van der Waals surface area contributed by atoms with E-state index in [0.717, 1.165) is 5.56 Å². The maximum absolute atomic E-state index is 11.7. The van der Waals surface area contributed by atoms with E-state index in [9.17, 15) is 9.59 Å². The summed E-state index contributed by atoms with van der Waals surface area (Å²) in [6, 6.07) is 0.781. The molecule has 1 aromatic heterocycles. The molecule has 88 valence electrons. The van der Waals surface area contributed by atoms with Crippen molar-refractivity contribution in [2.24, 2.45) is 0 Å². The third-order valence-corrected chi connectivity index (χ3v) is 2.24. The van der Waals surface area contributed by atoms with Crippen molar-refractivity contribution in [1.29, 1.82) is 0 Å². The summed E-state index contributed by atoms with van der Waals surface area (Å²) in [5.41, 5.74) is 0.773. The van der Waals surface area contributed by atoms with Crippen LogP contribution in [0.15, 0.2) is 16.7 Å². The zero-order chi connectivity index (χ0) is 12.3. The zero-order valence-electron chi connectivity index (χ0n) is 9.48. The van der Waals surface area contributed by atoms with E-state index in [-0.39, 0.29) is 11.7 Å². The van der Waals surface area contributed by atoms with E-state index in [1.54, 1.807) is 6.07 Å². The molecule has 0 aromatic carbocycles. The lowest BCUT2D eigenvalue weighted by Crippen LogP contribution is -2.38. The summed E-state index contributed by atoms with van der Waals surface area (Å²) >= 11 is 0. The second-order valence-corrected chi connectivity index (χ2v) is 3.89. The van der Waals surface area contributed by atoms with E-state index in [2.05, 4.69) is 5.32 Å². The third-order valence-electron chi connectivity index (χ3n) is 2.24. The first-order chi connectivity index (χ1) is 7.43. The Kier molecular flexibility index (Phi) is 3.71. The first kappa shape index (κ1) is 12.3. The SMILES string of the molecule is CC(C)c1ccoc1C(=O)N[C@@H](C)C(=O)O. The van der Waals surface area contributed by atoms with Gasteiger partial charge in [-0.2, -0.15) is 0 Å². The molecule has 0 aliphatic carbocycles. The molecule has 0 saturated heterocycles. The van der Waals surface area contributed by atoms with Gasteiger partial charge in [0, 0.05) is 5.56 Å². The molecule has 0 aliphatic heterocycles. The Morgan fingerprint density at radius 2 is 2.00 bits per heavy atom. The summed E-state index contributed by atoms with van der Waals surface area (Å²) in [5, 5.41) is 11.0. The van der Waals surface area contributed by atoms with Crippen LogP contribution < -0.4 is 5.32 Å². The number of carboxylic acid groups (broad SMARTS) is 1. The third kappa shape index (κ3) is 2.62. The Morgan fingerprint density at radius 3 is 2.50 bits per heavy atom. The van der Waals surface area contributed by atoms with Crippen molar-refractivity contribution in [1.82, 2.24) is 5.32 Å². The van der Waals surface area contributed by atoms with Gasteiger partial charge in [-0.3, -0.25) is 9.59 Å². The summed E-state index contributed by atoms with van der Waals surface area (Å²) in [4.78, 5) is 22.3. The smallest absolute Gasteiger partial charge is 0.325 e. The van der Waals surface area contributed by atoms with Crippen molar-refractivity contribution < 1.29 is 19.1 Å². The first-order valence-electron chi connectivity index (χ1n) is 5.04. The molecule has 0 radical (unpaired) electrons. The molecule has 5 heteroatoms. The Morgan fingerprint density at radius 1 is 1.38 bits per heavy atom. The summed E-state index contributed by atoms with van der Waals surface area (Å²) < 4.78 is 5.06. The van der Waals surface area contributed by atoms with Crippen molar-refractivity contribution in [2.45, 2.75) is 32.7 Å². The maximum atomic E-state index is 11.7. The molecule has 0 bridgehead atoms. The van der Waals surface area contributed by atoms with Gasteiger partial charge in [0.25, 0.3) is 5.91 Å². The molecule has 1 heterocycles. The fraction of sp³-hybridized carbons (Fsp3) is 0.455. The van der Waals surface area contributed by atoms with E-state index in [4.69, 9.17) is 9.52 Å². The highest BCUT2D eigenvalue weighted by molar-refractivity contribution is 5.95. The van der Waals surface area contributed by atoms with Gasteiger partial charge in [-0.15, -0.1) is 0 Å². The normalized spacial score (nSPS) is 12.5. The predicted octanol–water partition coefficient (Wildman–Crippen LogP) is 1.61. The molecule has 0 fully saturated rings. The summed E-state index contributed by atoms with van der Waals surface area (Å²) in [6.45, 7) is 5.27. The predicted molar refractivity (Wildman–Crippen MR) is 57.4 cm³/mol. The van der Waals surface area contributed by atoms with Gasteiger partial charge in [0.2, 0.25) is 0 Å². The van der Waals surface area contributed by atoms with E-state index in [1.807, 2.05) is 13.8 Å². The van der Waals surface area contributed by atoms with Crippen molar-refractivity contribution >= 4 is 11.9 Å². The van der Waals surface area contributed by atoms with E-state index in [1.165, 1.54) is 13.2 Å². The van der Waals surface area contributed by atoms with Gasteiger partial charge in [0.1, 0.15) is 6.04 Å². The van der Waals surface area contributed by atoms with Gasteiger partial charge in [0.05, 0.1) is 6.26 Å². The molecule has 0 spiro atoms. The minimum Gasteiger partial charge on any atom is -0.480 e. The summed E-state index contributed by atoms with van der Waals surface area (Å²) in [5.74, 6) is -1.24. The molecule has 1 atom stereocenters. The van der Waals surface area contributed by atoms with Crippen molar-refractivity contribution in [3.05, 3.63) is 23.7 Å². The molecule has 1 aromatic rings. The number of carbonyl (C=O) groups is 2. The summed E-state index contributed by atoms with van der Waals surface area (Å²) in [6.07, 6.45) is 1.43. The Hall–Kier alpha value is -1.78. The van der Waals surface area contributed by atoms with Gasteiger partial charge in [-0.1, -0.05) is 13.8 Å². The quantitative estimate of drug-likeness (QED) is 0.815. The van der Waals surface area contributed by atoms with Gasteiger partial charge in [-0.25, -0.2) is 0 Å². The van der Waals surface area contributed by atoms with Crippen molar-refractivity contribution in [3.8, 4) is 0 Å². The van der Waals surface area contributed by atoms with Crippen LogP contribution in [0.5, 0.6) is 0 Å². The number of hydrogen-bond donors (Lipinski definition) is 2. The van der Waals surface area contributed by atoms with Crippen LogP contribution in [0, 0.1) is 0 Å². The van der Waals surface area contributed by atoms with Crippen LogP contribution in [0.2, 0.25) is 0 Å². The standard InChI is InChI=1S/C11H15NO4/c1-6(2)8-4-5-16-9(8)10(13)12-7(3)11(14)15/h4-7H,1-3H3,(H,12,13)(H,14,15)/t7-/m0/s1. The molecular weight excluding hydrogens is 210 g/mol. The molecule has 0 aliphatic rings. The van der Waals surface area contributed by atoms with Crippen LogP contribution >= 0.6 is 0 Å². The van der Waals surface area contributed by atoms with Crippen molar-refractivity contribution in [2.75, 3.05) is 0 Å². The Labute approximate surface area is 93.4 Å². The number of hydrogen-bond acceptors (Lipinski definition) is 3. The highest BCUT2D eigenvalue weighted by atomic mass is 16.4. The fourth-order valence-electron chi connectivity index (χ4n) is 1.28. The lowest BCUT2D eigenvalue weighted by Gasteiger charge is -2.09. The number of amides is 1. The van der Waals surface area contributed by atoms with Crippen molar-refractivity contribution in [3.63, 3.8) is 0 Å². The van der Waals surface area contributed by atoms with Crippen LogP contribution in [0.25, 0.3) is 0 Å². The highest BCUT2D eigenvalue weighted by Gasteiger charge is 2.21. The number of furan rings is 1. The van der Waals surface area contributed by atoms with Crippen LogP contribution in [0.3, 0.4) is 0 Å². The molecule has 2 N–H and O–H groups in total. The summed E-state index contributed by atoms with van der Waals surface area (Å²) in [7, 11) is 0. The van der Waals surface area contributed by atoms with Crippen LogP contribution in [-0.2, 0) is 4.79 Å². The number of rotatable bonds is 4. The van der Waals surface area contributed by atoms with Gasteiger partial charge in [-0.05, 0) is 18.9 Å². The molecule has 16 heavy (non-hydrogen) atoms. The average molecular weight is 225 g/mol. The van der Waals surface area contributed by atoms with E-state index in [0.29, 0.717) is 0 Å². The van der Waals surface area contributed by atoms with Crippen LogP contribution in [0.4, 0.5) is 0 Å². The monoisotopic (exact) mass is 225 g/mol. The lowest BCUT2D eigenvalue weighted by atomic mass is 10.0. The van der Waals surface area contributed by atoms with Gasteiger partial charge >= 0.3 is 5.97 Å². The minimum atomic E-state index is -1.08. The number of carbonyl (C=O) groups excluding carboxylic acids is 1. The number of carboxylic acids is 1. The second-order valence-electron chi connectivity index (χ2n) is 3.89. The van der Waals surface area contributed by atoms with Gasteiger partial charge in [0.15, 0.2) is 5.76 Å². The highest BCUT2D eigenvalue weighted by Crippen LogP contribution is 2.20. The fourth-order valence-corrected chi connectivity index (χ4v) is 1.28. The maximum Gasteiger partial charge on any atom is 0.325 e. The van der Waals surface area contributed by atoms with Crippen LogP contribution in [0.1, 0.15) is 42.8 Å². The minimum absolute atomic E-state index is 0.152. The molecule has 1 rings (SSSR count). The van der Waals surface area contributed by atoms with E-state index >= 15 is 0 Å². The Balaban J connectivity index is 2.81. The number of aliphatic carboxylic acids is 1. The van der Waals surface area contributed by atoms with Crippen LogP contribution in [-0.4, -0.2) is 23.0 Å². The van der Waals surface area contributed by atoms with Gasteiger partial charge < -0.3 is 14.8 Å². The first-order valence-corrected chi connectivity index (χ1v) is 5.04. The molecule has 5 nitrogen and oxygen atoms in total. The largest absolute Gasteiger partial charge is 0.480 e. The average Bonchev–Trinajstić information content (AvgIpc) is 2.65. The topological polar surface area (TPSA) is 79.5 Å². The molecule has 0 saturated carbocycles. The second kappa shape index (κ2) is 4.83. The molecular formula is C11H15NO4. The lowest BCUT2D eigenvalue weighted by molar-refractivity contribution is -0.138. The number of nitrogens with one attached hydrogen (secondary N) is 1. The molecule has 1 amide bonds. The Bertz CT molecular complexity index is 394. The van der Waals surface area contributed by atoms with E-state index < -0.39 is 17.9 Å². The zero-order valence-corrected chi connectivity index (χ0v) is 9.48. The molecule has 0 unspecified atom stereocenters.